The van der Waals surface area contributed by atoms with Gasteiger partial charge in [0.25, 0.3) is 0 Å². The molecule has 0 aromatic rings. The zero-order valence-electron chi connectivity index (χ0n) is 7.39. The first-order valence-electron chi connectivity index (χ1n) is 3.51. The molecule has 10 heavy (non-hydrogen) atoms. The van der Waals surface area contributed by atoms with Crippen LogP contribution in [0, 0.1) is 5.41 Å². The minimum Gasteiger partial charge on any atom is -0.462 e. The lowest BCUT2D eigenvalue weighted by molar-refractivity contribution is -0.150. The van der Waals surface area contributed by atoms with Gasteiger partial charge in [0.2, 0.25) is 0 Å². The number of carbonyl (C=O) groups excluding carboxylic acids is 1. The van der Waals surface area contributed by atoms with Gasteiger partial charge in [-0.1, -0.05) is 20.8 Å². The first-order valence-corrected chi connectivity index (χ1v) is 3.51. The summed E-state index contributed by atoms with van der Waals surface area (Å²) in [7, 11) is 0. The van der Waals surface area contributed by atoms with E-state index in [1.54, 1.807) is 0 Å². The molecule has 2 heteroatoms. The van der Waals surface area contributed by atoms with E-state index in [4.69, 9.17) is 4.74 Å². The fraction of sp³-hybridized carbons (Fsp3) is 0.875. The van der Waals surface area contributed by atoms with Crippen molar-refractivity contribution < 1.29 is 9.53 Å². The molecule has 0 amide bonds. The van der Waals surface area contributed by atoms with Gasteiger partial charge in [-0.05, 0) is 12.3 Å². The fourth-order valence-electron chi connectivity index (χ4n) is 0.426. The summed E-state index contributed by atoms with van der Waals surface area (Å²) in [6.45, 7) is 9.46. The van der Waals surface area contributed by atoms with Crippen LogP contribution in [-0.2, 0) is 9.53 Å². The van der Waals surface area contributed by atoms with Crippen LogP contribution in [0.4, 0.5) is 0 Å². The highest BCUT2D eigenvalue weighted by Gasteiger charge is 2.22. The topological polar surface area (TPSA) is 26.3 Å². The molecule has 0 aliphatic heterocycles. The molecule has 0 heterocycles. The predicted octanol–water partition coefficient (Wildman–Crippen LogP) is 1.98. The smallest absolute Gasteiger partial charge is 0.302 e. The van der Waals surface area contributed by atoms with Crippen molar-refractivity contribution in [3.63, 3.8) is 0 Å². The molecule has 1 atom stereocenters. The number of hydrogen-bond donors (Lipinski definition) is 0. The van der Waals surface area contributed by atoms with Crippen molar-refractivity contribution in [2.24, 2.45) is 5.41 Å². The summed E-state index contributed by atoms with van der Waals surface area (Å²) in [6.07, 6.45) is -0.00926. The van der Waals surface area contributed by atoms with Crippen LogP contribution in [0.1, 0.15) is 34.6 Å². The molecule has 0 aliphatic rings. The molecule has 0 rings (SSSR count). The van der Waals surface area contributed by atoms with Crippen molar-refractivity contribution in [2.45, 2.75) is 40.7 Å². The Morgan fingerprint density at radius 2 is 1.80 bits per heavy atom. The SMILES string of the molecule is CC(=O)O[C@@H](C)C(C)(C)C. The summed E-state index contributed by atoms with van der Waals surface area (Å²) >= 11 is 0. The van der Waals surface area contributed by atoms with E-state index in [1.165, 1.54) is 6.92 Å². The lowest BCUT2D eigenvalue weighted by Gasteiger charge is -2.26. The van der Waals surface area contributed by atoms with Gasteiger partial charge in [-0.25, -0.2) is 0 Å². The van der Waals surface area contributed by atoms with Crippen LogP contribution in [0.2, 0.25) is 0 Å². The highest BCUT2D eigenvalue weighted by Crippen LogP contribution is 2.21. The van der Waals surface area contributed by atoms with Crippen LogP contribution in [0.25, 0.3) is 0 Å². The third-order valence-corrected chi connectivity index (χ3v) is 1.56. The zero-order valence-corrected chi connectivity index (χ0v) is 7.39. The first kappa shape index (κ1) is 9.47. The second-order valence-electron chi connectivity index (χ2n) is 3.62. The normalized spacial score (nSPS) is 14.5. The Kier molecular flexibility index (Phi) is 2.88. The minimum absolute atomic E-state index is 0.00926. The van der Waals surface area contributed by atoms with E-state index in [1.807, 2.05) is 27.7 Å². The van der Waals surface area contributed by atoms with E-state index in [0.29, 0.717) is 0 Å². The Labute approximate surface area is 62.6 Å². The number of ether oxygens (including phenoxy) is 1. The maximum Gasteiger partial charge on any atom is 0.302 e. The second-order valence-corrected chi connectivity index (χ2v) is 3.62. The van der Waals surface area contributed by atoms with Crippen LogP contribution in [-0.4, -0.2) is 12.1 Å². The molecule has 60 valence electrons. The van der Waals surface area contributed by atoms with Crippen LogP contribution in [0.5, 0.6) is 0 Å². The van der Waals surface area contributed by atoms with Gasteiger partial charge in [0.15, 0.2) is 0 Å². The van der Waals surface area contributed by atoms with E-state index in [9.17, 15) is 4.79 Å². The Morgan fingerprint density at radius 3 is 1.90 bits per heavy atom. The third kappa shape index (κ3) is 3.49. The van der Waals surface area contributed by atoms with Crippen LogP contribution < -0.4 is 0 Å². The first-order chi connectivity index (χ1) is 4.34. The lowest BCUT2D eigenvalue weighted by atomic mass is 9.90. The molecular weight excluding hydrogens is 128 g/mol. The maximum absolute atomic E-state index is 10.5. The van der Waals surface area contributed by atoms with Crippen LogP contribution >= 0.6 is 0 Å². The Morgan fingerprint density at radius 1 is 1.40 bits per heavy atom. The van der Waals surface area contributed by atoms with Crippen molar-refractivity contribution in [1.82, 2.24) is 0 Å². The lowest BCUT2D eigenvalue weighted by Crippen LogP contribution is -2.27. The van der Waals surface area contributed by atoms with Crippen molar-refractivity contribution in [3.8, 4) is 0 Å². The number of hydrogen-bond acceptors (Lipinski definition) is 2. The molecule has 0 saturated heterocycles. The molecule has 0 radical (unpaired) electrons. The number of esters is 1. The van der Waals surface area contributed by atoms with Gasteiger partial charge in [0.1, 0.15) is 6.10 Å². The predicted molar refractivity (Wildman–Crippen MR) is 40.7 cm³/mol. The molecule has 0 bridgehead atoms. The van der Waals surface area contributed by atoms with Crippen molar-refractivity contribution >= 4 is 5.97 Å². The quantitative estimate of drug-likeness (QED) is 0.526. The summed E-state index contributed by atoms with van der Waals surface area (Å²) in [4.78, 5) is 10.5. The van der Waals surface area contributed by atoms with Gasteiger partial charge in [0, 0.05) is 6.92 Å². The maximum atomic E-state index is 10.5. The van der Waals surface area contributed by atoms with Gasteiger partial charge in [-0.3, -0.25) is 4.79 Å². The number of rotatable bonds is 1. The Hall–Kier alpha value is -0.530. The molecule has 0 fully saturated rings. The van der Waals surface area contributed by atoms with Crippen molar-refractivity contribution in [3.05, 3.63) is 0 Å². The largest absolute Gasteiger partial charge is 0.462 e. The standard InChI is InChI=1S/C8H16O2/c1-6(8(3,4)5)10-7(2)9/h6H,1-5H3/t6-/m0/s1. The number of carbonyl (C=O) groups is 1. The summed E-state index contributed by atoms with van der Waals surface area (Å²) in [5.74, 6) is -0.206. The Balaban J connectivity index is 3.85. The van der Waals surface area contributed by atoms with Gasteiger partial charge < -0.3 is 4.74 Å². The van der Waals surface area contributed by atoms with Crippen molar-refractivity contribution in [1.29, 1.82) is 0 Å². The molecule has 0 aromatic carbocycles. The molecule has 0 saturated carbocycles. The minimum atomic E-state index is -0.206. The average molecular weight is 144 g/mol. The van der Waals surface area contributed by atoms with E-state index in [2.05, 4.69) is 0 Å². The van der Waals surface area contributed by atoms with Gasteiger partial charge in [-0.2, -0.15) is 0 Å². The van der Waals surface area contributed by atoms with E-state index in [-0.39, 0.29) is 17.5 Å². The van der Waals surface area contributed by atoms with Gasteiger partial charge in [0.05, 0.1) is 0 Å². The summed E-state index contributed by atoms with van der Waals surface area (Å²) in [5, 5.41) is 0. The van der Waals surface area contributed by atoms with Gasteiger partial charge >= 0.3 is 5.97 Å². The fourth-order valence-corrected chi connectivity index (χ4v) is 0.426. The molecular formula is C8H16O2. The zero-order chi connectivity index (χ0) is 8.36. The van der Waals surface area contributed by atoms with Crippen LogP contribution in [0.3, 0.4) is 0 Å². The molecule has 0 N–H and O–H groups in total. The molecule has 0 unspecified atom stereocenters. The molecule has 0 aliphatic carbocycles. The highest BCUT2D eigenvalue weighted by molar-refractivity contribution is 5.66. The van der Waals surface area contributed by atoms with E-state index >= 15 is 0 Å². The van der Waals surface area contributed by atoms with Crippen LogP contribution in [0.15, 0.2) is 0 Å². The second kappa shape index (κ2) is 3.04. The van der Waals surface area contributed by atoms with E-state index in [0.717, 1.165) is 0 Å². The molecule has 0 spiro atoms. The Bertz CT molecular complexity index is 122. The van der Waals surface area contributed by atoms with E-state index < -0.39 is 0 Å². The molecule has 2 nitrogen and oxygen atoms in total. The average Bonchev–Trinajstić information content (AvgIpc) is 1.60. The van der Waals surface area contributed by atoms with Crippen molar-refractivity contribution in [2.75, 3.05) is 0 Å². The van der Waals surface area contributed by atoms with Gasteiger partial charge in [-0.15, -0.1) is 0 Å². The third-order valence-electron chi connectivity index (χ3n) is 1.56. The monoisotopic (exact) mass is 144 g/mol. The summed E-state index contributed by atoms with van der Waals surface area (Å²) < 4.78 is 4.98. The highest BCUT2D eigenvalue weighted by atomic mass is 16.5. The summed E-state index contributed by atoms with van der Waals surface area (Å²) in [6, 6.07) is 0. The summed E-state index contributed by atoms with van der Waals surface area (Å²) in [5.41, 5.74) is 0.0473. The molecule has 0 aromatic heterocycles.